The smallest absolute Gasteiger partial charge is 0.136 e. The fourth-order valence-electron chi connectivity index (χ4n) is 3.45. The molecule has 2 aliphatic heterocycles. The van der Waals surface area contributed by atoms with Crippen molar-refractivity contribution in [3.63, 3.8) is 0 Å². The summed E-state index contributed by atoms with van der Waals surface area (Å²) in [5.74, 6) is 0.405. The number of carbonyl (C=O) groups excluding carboxylic acids is 1. The zero-order valence-corrected chi connectivity index (χ0v) is 10.3. The Labute approximate surface area is 106 Å². The molecule has 1 fully saturated rings. The van der Waals surface area contributed by atoms with Crippen molar-refractivity contribution in [3.8, 4) is 0 Å². The van der Waals surface area contributed by atoms with E-state index in [1.807, 2.05) is 0 Å². The largest absolute Gasteiger partial charge is 0.357 e. The van der Waals surface area contributed by atoms with Crippen LogP contribution in [0, 0.1) is 0 Å². The van der Waals surface area contributed by atoms with Crippen molar-refractivity contribution in [1.82, 2.24) is 9.88 Å². The molecule has 0 bridgehead atoms. The molecule has 3 nitrogen and oxygen atoms in total. The van der Waals surface area contributed by atoms with E-state index in [-0.39, 0.29) is 0 Å². The number of ketones is 1. The van der Waals surface area contributed by atoms with Gasteiger partial charge in [-0.05, 0) is 18.1 Å². The molecule has 4 rings (SSSR count). The first kappa shape index (κ1) is 10.3. The van der Waals surface area contributed by atoms with Crippen molar-refractivity contribution >= 4 is 16.7 Å². The van der Waals surface area contributed by atoms with Gasteiger partial charge >= 0.3 is 0 Å². The minimum Gasteiger partial charge on any atom is -0.357 e. The number of aromatic nitrogens is 1. The Bertz CT molecular complexity index is 628. The molecule has 0 unspecified atom stereocenters. The van der Waals surface area contributed by atoms with Gasteiger partial charge in [0.1, 0.15) is 5.78 Å². The zero-order chi connectivity index (χ0) is 12.1. The summed E-state index contributed by atoms with van der Waals surface area (Å²) in [5, 5.41) is 1.34. The number of rotatable bonds is 0. The first-order valence-electron chi connectivity index (χ1n) is 6.68. The molecule has 1 aromatic heterocycles. The quantitative estimate of drug-likeness (QED) is 0.767. The molecule has 2 aliphatic rings. The van der Waals surface area contributed by atoms with Crippen molar-refractivity contribution in [2.24, 2.45) is 0 Å². The van der Waals surface area contributed by atoms with Gasteiger partial charge in [0.05, 0.1) is 6.04 Å². The zero-order valence-electron chi connectivity index (χ0n) is 10.3. The summed E-state index contributed by atoms with van der Waals surface area (Å²) in [6.45, 7) is 2.02. The van der Waals surface area contributed by atoms with Crippen molar-refractivity contribution in [2.45, 2.75) is 25.3 Å². The number of nitrogens with zero attached hydrogens (tertiary/aromatic N) is 1. The van der Waals surface area contributed by atoms with E-state index >= 15 is 0 Å². The van der Waals surface area contributed by atoms with Crippen molar-refractivity contribution in [1.29, 1.82) is 0 Å². The average molecular weight is 240 g/mol. The second-order valence-electron chi connectivity index (χ2n) is 5.36. The monoisotopic (exact) mass is 240 g/mol. The highest BCUT2D eigenvalue weighted by Crippen LogP contribution is 2.38. The van der Waals surface area contributed by atoms with E-state index in [1.54, 1.807) is 0 Å². The van der Waals surface area contributed by atoms with Crippen molar-refractivity contribution < 1.29 is 4.79 Å². The maximum atomic E-state index is 11.7. The predicted molar refractivity (Wildman–Crippen MR) is 70.6 cm³/mol. The Morgan fingerprint density at radius 1 is 1.17 bits per heavy atom. The van der Waals surface area contributed by atoms with Crippen LogP contribution in [0.2, 0.25) is 0 Å². The second-order valence-corrected chi connectivity index (χ2v) is 5.36. The number of piperidine rings is 1. The van der Waals surface area contributed by atoms with Crippen LogP contribution >= 0.6 is 0 Å². The Morgan fingerprint density at radius 2 is 2.00 bits per heavy atom. The molecule has 0 aliphatic carbocycles. The van der Waals surface area contributed by atoms with Gasteiger partial charge in [0.25, 0.3) is 0 Å². The molecule has 1 atom stereocenters. The summed E-state index contributed by atoms with van der Waals surface area (Å²) < 4.78 is 0. The van der Waals surface area contributed by atoms with Gasteiger partial charge in [0.2, 0.25) is 0 Å². The van der Waals surface area contributed by atoms with Gasteiger partial charge in [0.15, 0.2) is 0 Å². The third kappa shape index (κ3) is 1.37. The van der Waals surface area contributed by atoms with Crippen LogP contribution in [-0.4, -0.2) is 28.8 Å². The minimum absolute atomic E-state index is 0.294. The lowest BCUT2D eigenvalue weighted by atomic mass is 9.90. The Morgan fingerprint density at radius 3 is 2.94 bits per heavy atom. The molecule has 92 valence electrons. The Balaban J connectivity index is 1.88. The van der Waals surface area contributed by atoms with E-state index in [0.717, 1.165) is 25.9 Å². The van der Waals surface area contributed by atoms with E-state index < -0.39 is 0 Å². The highest BCUT2D eigenvalue weighted by Gasteiger charge is 2.34. The fraction of sp³-hybridized carbons (Fsp3) is 0.400. The Kier molecular flexibility index (Phi) is 2.12. The van der Waals surface area contributed by atoms with Crippen LogP contribution in [0.1, 0.15) is 30.1 Å². The normalized spacial score (nSPS) is 24.0. The van der Waals surface area contributed by atoms with Crippen molar-refractivity contribution in [2.75, 3.05) is 13.1 Å². The van der Waals surface area contributed by atoms with Gasteiger partial charge < -0.3 is 4.98 Å². The first-order chi connectivity index (χ1) is 8.83. The van der Waals surface area contributed by atoms with E-state index in [0.29, 0.717) is 18.2 Å². The highest BCUT2D eigenvalue weighted by molar-refractivity contribution is 5.86. The van der Waals surface area contributed by atoms with Gasteiger partial charge in [-0.1, -0.05) is 18.2 Å². The molecule has 0 spiro atoms. The first-order valence-corrected chi connectivity index (χ1v) is 6.68. The molecule has 1 saturated heterocycles. The Hall–Kier alpha value is -1.61. The number of Topliss-reactive ketones (excluding diaryl/α,β-unsaturated/α-hetero) is 1. The lowest BCUT2D eigenvalue weighted by Crippen LogP contribution is -2.41. The highest BCUT2D eigenvalue weighted by atomic mass is 16.1. The summed E-state index contributed by atoms with van der Waals surface area (Å²) in [6.07, 6.45) is 2.51. The molecule has 0 amide bonds. The molecule has 1 N–H and O–H groups in total. The minimum atomic E-state index is 0.294. The van der Waals surface area contributed by atoms with Gasteiger partial charge in [-0.15, -0.1) is 0 Å². The number of nitrogens with one attached hydrogen (secondary N) is 1. The summed E-state index contributed by atoms with van der Waals surface area (Å²) in [5.41, 5.74) is 3.93. The molecule has 18 heavy (non-hydrogen) atoms. The van der Waals surface area contributed by atoms with Gasteiger partial charge in [-0.3, -0.25) is 9.69 Å². The van der Waals surface area contributed by atoms with Crippen LogP contribution in [0.3, 0.4) is 0 Å². The number of H-pyrrole nitrogens is 1. The summed E-state index contributed by atoms with van der Waals surface area (Å²) in [6, 6.07) is 8.76. The molecule has 3 heteroatoms. The molecule has 2 aromatic rings. The lowest BCUT2D eigenvalue weighted by molar-refractivity contribution is -0.123. The molecular weight excluding hydrogens is 224 g/mol. The average Bonchev–Trinajstić information content (AvgIpc) is 2.78. The topological polar surface area (TPSA) is 36.1 Å². The summed E-state index contributed by atoms with van der Waals surface area (Å²) in [4.78, 5) is 17.7. The van der Waals surface area contributed by atoms with Crippen molar-refractivity contribution in [3.05, 3.63) is 35.5 Å². The SMILES string of the molecule is O=C1CCN2CCc3c([nH]c4ccccc34)[C@H]2C1. The lowest BCUT2D eigenvalue weighted by Gasteiger charge is -2.38. The maximum Gasteiger partial charge on any atom is 0.136 e. The predicted octanol–water partition coefficient (Wildman–Crippen LogP) is 2.43. The number of aromatic amines is 1. The van der Waals surface area contributed by atoms with Crippen LogP contribution in [0.25, 0.3) is 10.9 Å². The maximum absolute atomic E-state index is 11.7. The van der Waals surface area contributed by atoms with E-state index in [2.05, 4.69) is 34.1 Å². The number of fused-ring (bicyclic) bond motifs is 5. The molecule has 3 heterocycles. The summed E-state index contributed by atoms with van der Waals surface area (Å²) in [7, 11) is 0. The van der Waals surface area contributed by atoms with Crippen LogP contribution in [0.5, 0.6) is 0 Å². The number of carbonyl (C=O) groups is 1. The number of para-hydroxylation sites is 1. The molecule has 0 saturated carbocycles. The molecule has 0 radical (unpaired) electrons. The third-order valence-electron chi connectivity index (χ3n) is 4.37. The van der Waals surface area contributed by atoms with Gasteiger partial charge in [0, 0.05) is 42.5 Å². The van der Waals surface area contributed by atoms with Crippen LogP contribution in [0.4, 0.5) is 0 Å². The number of benzene rings is 1. The van der Waals surface area contributed by atoms with Gasteiger partial charge in [-0.2, -0.15) is 0 Å². The molecular formula is C15H16N2O. The third-order valence-corrected chi connectivity index (χ3v) is 4.37. The van der Waals surface area contributed by atoms with Gasteiger partial charge in [-0.25, -0.2) is 0 Å². The second kappa shape index (κ2) is 3.69. The summed E-state index contributed by atoms with van der Waals surface area (Å²) >= 11 is 0. The number of hydrogen-bond donors (Lipinski definition) is 1. The molecule has 1 aromatic carbocycles. The number of hydrogen-bond acceptors (Lipinski definition) is 2. The van der Waals surface area contributed by atoms with E-state index in [1.165, 1.54) is 22.2 Å². The standard InChI is InChI=1S/C15H16N2O/c18-10-5-7-17-8-6-12-11-3-1-2-4-13(11)16-15(12)14(17)9-10/h1-4,14,16H,5-9H2/t14-/m1/s1. The van der Waals surface area contributed by atoms with Crippen LogP contribution in [-0.2, 0) is 11.2 Å². The van der Waals surface area contributed by atoms with E-state index in [4.69, 9.17) is 0 Å². The fourth-order valence-corrected chi connectivity index (χ4v) is 3.45. The van der Waals surface area contributed by atoms with E-state index in [9.17, 15) is 4.79 Å². The van der Waals surface area contributed by atoms with Crippen LogP contribution < -0.4 is 0 Å². The van der Waals surface area contributed by atoms with Crippen LogP contribution in [0.15, 0.2) is 24.3 Å².